The zero-order valence-corrected chi connectivity index (χ0v) is 14.3. The Bertz CT molecular complexity index is 825. The van der Waals surface area contributed by atoms with E-state index >= 15 is 0 Å². The lowest BCUT2D eigenvalue weighted by Crippen LogP contribution is -2.32. The van der Waals surface area contributed by atoms with Crippen molar-refractivity contribution >= 4 is 17.6 Å². The summed E-state index contributed by atoms with van der Waals surface area (Å²) in [6.07, 6.45) is 0.233. The maximum atomic E-state index is 13.6. The molecule has 0 aromatic heterocycles. The summed E-state index contributed by atoms with van der Waals surface area (Å²) >= 11 is 0. The first kappa shape index (κ1) is 20.1. The maximum absolute atomic E-state index is 13.6. The van der Waals surface area contributed by atoms with Crippen LogP contribution in [0.1, 0.15) is 22.0 Å². The van der Waals surface area contributed by atoms with Crippen molar-refractivity contribution in [1.29, 1.82) is 0 Å². The molecule has 0 saturated heterocycles. The number of amides is 3. The lowest BCUT2D eigenvalue weighted by atomic mass is 10.1. The van der Waals surface area contributed by atoms with Crippen molar-refractivity contribution in [2.24, 2.45) is 0 Å². The minimum absolute atomic E-state index is 0.119. The van der Waals surface area contributed by atoms with Crippen molar-refractivity contribution in [3.05, 3.63) is 77.9 Å². The summed E-state index contributed by atoms with van der Waals surface area (Å²) in [5, 5.41) is 17.5. The van der Waals surface area contributed by atoms with E-state index in [1.807, 2.05) is 0 Å². The quantitative estimate of drug-likeness (QED) is 0.561. The lowest BCUT2D eigenvalue weighted by molar-refractivity contribution is 0.0958. The number of urea groups is 1. The van der Waals surface area contributed by atoms with Crippen molar-refractivity contribution in [3.63, 3.8) is 0 Å². The molecule has 0 fully saturated rings. The van der Waals surface area contributed by atoms with Gasteiger partial charge in [-0.3, -0.25) is 4.79 Å². The molecule has 0 aliphatic rings. The number of benzene rings is 2. The monoisotopic (exact) mass is 375 g/mol. The largest absolute Gasteiger partial charge is 0.386 e. The van der Waals surface area contributed by atoms with Crippen molar-refractivity contribution in [1.82, 2.24) is 10.6 Å². The van der Waals surface area contributed by atoms with Gasteiger partial charge >= 0.3 is 6.03 Å². The number of anilines is 1. The molecule has 1 atom stereocenters. The van der Waals surface area contributed by atoms with Crippen LogP contribution < -0.4 is 16.0 Å². The predicted octanol–water partition coefficient (Wildman–Crippen LogP) is 2.74. The van der Waals surface area contributed by atoms with Crippen LogP contribution in [0.5, 0.6) is 0 Å². The second-order valence-corrected chi connectivity index (χ2v) is 5.59. The summed E-state index contributed by atoms with van der Waals surface area (Å²) in [7, 11) is 0. The van der Waals surface area contributed by atoms with Crippen LogP contribution in [-0.4, -0.2) is 30.1 Å². The Hall–Kier alpha value is -3.26. The first-order chi connectivity index (χ1) is 12.9. The first-order valence-electron chi connectivity index (χ1n) is 8.07. The third-order valence-electron chi connectivity index (χ3n) is 3.59. The number of nitrogens with one attached hydrogen (secondary N) is 3. The standard InChI is InChI=1S/C19H19F2N3O3/c1-2-9-22-18(26)12-3-6-14(7-4-12)24-19(27)23-11-17(25)15-8-5-13(20)10-16(15)21/h2-8,10,17,25H,1,9,11H2,(H,22,26)(H2,23,24,27). The Labute approximate surface area is 154 Å². The minimum Gasteiger partial charge on any atom is -0.386 e. The average Bonchev–Trinajstić information content (AvgIpc) is 2.64. The van der Waals surface area contributed by atoms with Crippen LogP contribution in [0, 0.1) is 11.6 Å². The molecule has 4 N–H and O–H groups in total. The van der Waals surface area contributed by atoms with Crippen molar-refractivity contribution in [3.8, 4) is 0 Å². The van der Waals surface area contributed by atoms with Gasteiger partial charge < -0.3 is 21.1 Å². The van der Waals surface area contributed by atoms with Gasteiger partial charge in [-0.05, 0) is 30.3 Å². The highest BCUT2D eigenvalue weighted by atomic mass is 19.1. The fraction of sp³-hybridized carbons (Fsp3) is 0.158. The van der Waals surface area contributed by atoms with E-state index in [1.165, 1.54) is 12.1 Å². The van der Waals surface area contributed by atoms with Crippen LogP contribution in [0.25, 0.3) is 0 Å². The molecule has 0 saturated carbocycles. The molecule has 0 spiro atoms. The number of carbonyl (C=O) groups excluding carboxylic acids is 2. The van der Waals surface area contributed by atoms with Gasteiger partial charge in [0.1, 0.15) is 11.6 Å². The Kier molecular flexibility index (Phi) is 7.01. The summed E-state index contributed by atoms with van der Waals surface area (Å²) in [5.41, 5.74) is 0.729. The van der Waals surface area contributed by atoms with E-state index in [4.69, 9.17) is 0 Å². The molecule has 6 nitrogen and oxygen atoms in total. The molecule has 1 unspecified atom stereocenters. The highest BCUT2D eigenvalue weighted by Crippen LogP contribution is 2.17. The van der Waals surface area contributed by atoms with Gasteiger partial charge in [-0.2, -0.15) is 0 Å². The summed E-state index contributed by atoms with van der Waals surface area (Å²) < 4.78 is 26.5. The van der Waals surface area contributed by atoms with E-state index in [0.717, 1.165) is 12.1 Å². The van der Waals surface area contributed by atoms with E-state index in [1.54, 1.807) is 18.2 Å². The maximum Gasteiger partial charge on any atom is 0.319 e. The fourth-order valence-corrected chi connectivity index (χ4v) is 2.22. The van der Waals surface area contributed by atoms with Crippen molar-refractivity contribution in [2.75, 3.05) is 18.4 Å². The van der Waals surface area contributed by atoms with Gasteiger partial charge in [-0.25, -0.2) is 13.6 Å². The third kappa shape index (κ3) is 5.89. The topological polar surface area (TPSA) is 90.5 Å². The molecule has 0 aliphatic carbocycles. The van der Waals surface area contributed by atoms with E-state index in [2.05, 4.69) is 22.5 Å². The lowest BCUT2D eigenvalue weighted by Gasteiger charge is -2.14. The van der Waals surface area contributed by atoms with Crippen LogP contribution in [0.3, 0.4) is 0 Å². The zero-order valence-electron chi connectivity index (χ0n) is 14.3. The number of aliphatic hydroxyl groups is 1. The summed E-state index contributed by atoms with van der Waals surface area (Å²) in [6, 6.07) is 8.33. The van der Waals surface area contributed by atoms with E-state index in [9.17, 15) is 23.5 Å². The number of aliphatic hydroxyl groups excluding tert-OH is 1. The SMILES string of the molecule is C=CCNC(=O)c1ccc(NC(=O)NCC(O)c2ccc(F)cc2F)cc1. The van der Waals surface area contributed by atoms with Crippen LogP contribution in [-0.2, 0) is 0 Å². The van der Waals surface area contributed by atoms with Gasteiger partial charge in [0, 0.05) is 36.0 Å². The average molecular weight is 375 g/mol. The van der Waals surface area contributed by atoms with Crippen LogP contribution in [0.4, 0.5) is 19.3 Å². The van der Waals surface area contributed by atoms with Gasteiger partial charge in [0.2, 0.25) is 0 Å². The van der Waals surface area contributed by atoms with Gasteiger partial charge in [0.15, 0.2) is 0 Å². The molecule has 0 bridgehead atoms. The summed E-state index contributed by atoms with van der Waals surface area (Å²) in [5.74, 6) is -1.92. The van der Waals surface area contributed by atoms with Crippen molar-refractivity contribution in [2.45, 2.75) is 6.10 Å². The Morgan fingerprint density at radius 2 is 1.81 bits per heavy atom. The predicted molar refractivity (Wildman–Crippen MR) is 97.3 cm³/mol. The van der Waals surface area contributed by atoms with Crippen LogP contribution in [0.2, 0.25) is 0 Å². The van der Waals surface area contributed by atoms with Gasteiger partial charge in [-0.1, -0.05) is 12.1 Å². The van der Waals surface area contributed by atoms with E-state index in [-0.39, 0.29) is 18.0 Å². The number of hydrogen-bond acceptors (Lipinski definition) is 3. The number of hydrogen-bond donors (Lipinski definition) is 4. The number of rotatable bonds is 7. The highest BCUT2D eigenvalue weighted by molar-refractivity contribution is 5.95. The second-order valence-electron chi connectivity index (χ2n) is 5.59. The van der Waals surface area contributed by atoms with E-state index < -0.39 is 23.8 Å². The van der Waals surface area contributed by atoms with Crippen LogP contribution >= 0.6 is 0 Å². The smallest absolute Gasteiger partial charge is 0.319 e. The first-order valence-corrected chi connectivity index (χ1v) is 8.07. The number of carbonyl (C=O) groups is 2. The Morgan fingerprint density at radius 1 is 1.11 bits per heavy atom. The second kappa shape index (κ2) is 9.44. The van der Waals surface area contributed by atoms with E-state index in [0.29, 0.717) is 23.9 Å². The van der Waals surface area contributed by atoms with Gasteiger partial charge in [-0.15, -0.1) is 6.58 Å². The molecule has 0 heterocycles. The normalized spacial score (nSPS) is 11.4. The zero-order chi connectivity index (χ0) is 19.8. The minimum atomic E-state index is -1.33. The van der Waals surface area contributed by atoms with Gasteiger partial charge in [0.25, 0.3) is 5.91 Å². The molecule has 0 aliphatic heterocycles. The molecule has 0 radical (unpaired) electrons. The number of halogens is 2. The Balaban J connectivity index is 1.86. The Morgan fingerprint density at radius 3 is 2.44 bits per heavy atom. The molecule has 8 heteroatoms. The molecule has 142 valence electrons. The molecule has 2 aromatic carbocycles. The van der Waals surface area contributed by atoms with Crippen molar-refractivity contribution < 1.29 is 23.5 Å². The van der Waals surface area contributed by atoms with Crippen LogP contribution in [0.15, 0.2) is 55.1 Å². The highest BCUT2D eigenvalue weighted by Gasteiger charge is 2.14. The third-order valence-corrected chi connectivity index (χ3v) is 3.59. The molecular formula is C19H19F2N3O3. The summed E-state index contributed by atoms with van der Waals surface area (Å²) in [4.78, 5) is 23.6. The molecule has 3 amide bonds. The molecular weight excluding hydrogens is 356 g/mol. The van der Waals surface area contributed by atoms with Gasteiger partial charge in [0.05, 0.1) is 6.10 Å². The molecule has 2 rings (SSSR count). The summed E-state index contributed by atoms with van der Waals surface area (Å²) in [6.45, 7) is 3.58. The molecule has 2 aromatic rings. The molecule has 27 heavy (non-hydrogen) atoms. The fourth-order valence-electron chi connectivity index (χ4n) is 2.22.